The summed E-state index contributed by atoms with van der Waals surface area (Å²) in [5.41, 5.74) is 1.41. The van der Waals surface area contributed by atoms with Crippen LogP contribution in [0.4, 0.5) is 0 Å². The molecule has 0 saturated carbocycles. The number of aliphatic carboxylic acids is 2. The number of aliphatic hydroxyl groups is 1. The Bertz CT molecular complexity index is 378. The number of hydrogen-bond acceptors (Lipinski definition) is 4. The Morgan fingerprint density at radius 1 is 1.11 bits per heavy atom. The van der Waals surface area contributed by atoms with E-state index in [1.807, 2.05) is 6.07 Å². The van der Waals surface area contributed by atoms with Gasteiger partial charge in [0.1, 0.15) is 0 Å². The van der Waals surface area contributed by atoms with Crippen LogP contribution in [0.3, 0.4) is 0 Å². The summed E-state index contributed by atoms with van der Waals surface area (Å²) in [6, 6.07) is 10.5. The van der Waals surface area contributed by atoms with Gasteiger partial charge < -0.3 is 21.5 Å². The minimum absolute atomic E-state index is 0. The second-order valence-corrected chi connectivity index (χ2v) is 4.02. The smallest absolute Gasteiger partial charge is 0.333 e. The predicted molar refractivity (Wildman–Crippen MR) is 71.4 cm³/mol. The third-order valence-corrected chi connectivity index (χ3v) is 2.12. The molecule has 0 amide bonds. The molecule has 1 aromatic rings. The number of carboxylic acids is 2. The molecule has 1 unspecified atom stereocenters. The van der Waals surface area contributed by atoms with Gasteiger partial charge in [0.05, 0.1) is 6.42 Å². The average Bonchev–Trinajstić information content (AvgIpc) is 2.30. The summed E-state index contributed by atoms with van der Waals surface area (Å²) < 4.78 is 0. The Morgan fingerprint density at radius 3 is 1.79 bits per heavy atom. The second kappa shape index (κ2) is 10.0. The summed E-state index contributed by atoms with van der Waals surface area (Å²) in [6.07, 6.45) is -2.54. The van der Waals surface area contributed by atoms with Gasteiger partial charge in [-0.2, -0.15) is 0 Å². The zero-order valence-electron chi connectivity index (χ0n) is 11.1. The highest BCUT2D eigenvalue weighted by molar-refractivity contribution is 5.79. The van der Waals surface area contributed by atoms with Crippen molar-refractivity contribution in [3.8, 4) is 0 Å². The van der Waals surface area contributed by atoms with E-state index in [2.05, 4.69) is 38.1 Å². The molecule has 0 saturated heterocycles. The summed E-state index contributed by atoms with van der Waals surface area (Å²) in [5, 5.41) is 24.1. The van der Waals surface area contributed by atoms with Crippen molar-refractivity contribution in [3.05, 3.63) is 35.9 Å². The van der Waals surface area contributed by atoms with Gasteiger partial charge in [0.15, 0.2) is 6.10 Å². The number of carbonyl (C=O) groups is 2. The largest absolute Gasteiger partial charge is 0.481 e. The number of benzene rings is 1. The molecule has 19 heavy (non-hydrogen) atoms. The summed E-state index contributed by atoms with van der Waals surface area (Å²) in [4.78, 5) is 19.4. The van der Waals surface area contributed by atoms with Crippen LogP contribution in [-0.2, 0) is 9.59 Å². The van der Waals surface area contributed by atoms with Crippen LogP contribution in [0.5, 0.6) is 0 Å². The van der Waals surface area contributed by atoms with E-state index in [1.165, 1.54) is 5.56 Å². The molecule has 0 fully saturated rings. The third-order valence-electron chi connectivity index (χ3n) is 2.12. The molecule has 0 spiro atoms. The lowest BCUT2D eigenvalue weighted by Crippen LogP contribution is -2.22. The Morgan fingerprint density at radius 2 is 1.58 bits per heavy atom. The van der Waals surface area contributed by atoms with E-state index in [4.69, 9.17) is 15.3 Å². The van der Waals surface area contributed by atoms with Gasteiger partial charge in [-0.3, -0.25) is 4.79 Å². The fourth-order valence-electron chi connectivity index (χ4n) is 1.09. The van der Waals surface area contributed by atoms with Crippen LogP contribution in [0.25, 0.3) is 0 Å². The van der Waals surface area contributed by atoms with Crippen LogP contribution >= 0.6 is 0 Å². The van der Waals surface area contributed by atoms with Crippen molar-refractivity contribution < 1.29 is 24.9 Å². The molecule has 0 aliphatic carbocycles. The van der Waals surface area contributed by atoms with Gasteiger partial charge in [-0.25, -0.2) is 4.79 Å². The summed E-state index contributed by atoms with van der Waals surface area (Å²) >= 11 is 0. The maximum absolute atomic E-state index is 9.72. The van der Waals surface area contributed by atoms with Crippen LogP contribution in [0.15, 0.2) is 30.3 Å². The number of carboxylic acid groups (broad SMARTS) is 2. The molecule has 0 aliphatic heterocycles. The van der Waals surface area contributed by atoms with E-state index in [1.54, 1.807) is 0 Å². The molecular formula is C13H21NO5. The maximum Gasteiger partial charge on any atom is 0.333 e. The lowest BCUT2D eigenvalue weighted by molar-refractivity contribution is -0.152. The topological polar surface area (TPSA) is 130 Å². The summed E-state index contributed by atoms with van der Waals surface area (Å²) in [5.74, 6) is -2.19. The summed E-state index contributed by atoms with van der Waals surface area (Å²) in [7, 11) is 0. The Balaban J connectivity index is 0. The van der Waals surface area contributed by atoms with Crippen LogP contribution in [-0.4, -0.2) is 33.4 Å². The number of aliphatic hydroxyl groups excluding tert-OH is 1. The first-order chi connectivity index (χ1) is 8.34. The zero-order chi connectivity index (χ0) is 14.1. The molecule has 108 valence electrons. The average molecular weight is 271 g/mol. The lowest BCUT2D eigenvalue weighted by atomic mass is 10.0. The van der Waals surface area contributed by atoms with Gasteiger partial charge in [0, 0.05) is 0 Å². The van der Waals surface area contributed by atoms with Gasteiger partial charge in [0.2, 0.25) is 0 Å². The highest BCUT2D eigenvalue weighted by atomic mass is 16.4. The first-order valence-corrected chi connectivity index (χ1v) is 5.52. The summed E-state index contributed by atoms with van der Waals surface area (Å²) in [6.45, 7) is 4.41. The predicted octanol–water partition coefficient (Wildman–Crippen LogP) is 1.88. The second-order valence-electron chi connectivity index (χ2n) is 4.02. The molecule has 0 heterocycles. The molecule has 6 nitrogen and oxygen atoms in total. The highest BCUT2D eigenvalue weighted by Gasteiger charge is 2.16. The lowest BCUT2D eigenvalue weighted by Gasteiger charge is -2.01. The van der Waals surface area contributed by atoms with Crippen LogP contribution in [0, 0.1) is 0 Å². The maximum atomic E-state index is 9.72. The first kappa shape index (κ1) is 19.4. The van der Waals surface area contributed by atoms with Gasteiger partial charge in [0.25, 0.3) is 0 Å². The Labute approximate surface area is 112 Å². The molecule has 0 aromatic heterocycles. The van der Waals surface area contributed by atoms with Crippen molar-refractivity contribution in [2.75, 3.05) is 0 Å². The molecule has 0 aliphatic rings. The van der Waals surface area contributed by atoms with Gasteiger partial charge in [-0.1, -0.05) is 44.2 Å². The fourth-order valence-corrected chi connectivity index (χ4v) is 1.09. The van der Waals surface area contributed by atoms with Crippen LogP contribution < -0.4 is 6.15 Å². The van der Waals surface area contributed by atoms with Crippen LogP contribution in [0.2, 0.25) is 0 Å². The molecule has 6 heteroatoms. The minimum atomic E-state index is -1.79. The van der Waals surface area contributed by atoms with Crippen molar-refractivity contribution in [1.82, 2.24) is 6.15 Å². The number of rotatable bonds is 4. The molecule has 0 radical (unpaired) electrons. The van der Waals surface area contributed by atoms with E-state index in [-0.39, 0.29) is 6.15 Å². The zero-order valence-corrected chi connectivity index (χ0v) is 11.1. The Hall–Kier alpha value is -1.92. The SMILES string of the molecule is CC(C)c1ccccc1.N.O=C(O)CC(O)C(=O)O. The molecule has 1 aromatic carbocycles. The molecule has 6 N–H and O–H groups in total. The van der Waals surface area contributed by atoms with E-state index in [9.17, 15) is 9.59 Å². The van der Waals surface area contributed by atoms with Gasteiger partial charge in [-0.05, 0) is 11.5 Å². The van der Waals surface area contributed by atoms with Crippen molar-refractivity contribution in [1.29, 1.82) is 0 Å². The van der Waals surface area contributed by atoms with Crippen LogP contribution in [0.1, 0.15) is 31.7 Å². The van der Waals surface area contributed by atoms with Crippen molar-refractivity contribution in [2.45, 2.75) is 32.3 Å². The van der Waals surface area contributed by atoms with E-state index >= 15 is 0 Å². The van der Waals surface area contributed by atoms with E-state index in [0.29, 0.717) is 5.92 Å². The number of hydrogen-bond donors (Lipinski definition) is 4. The molecular weight excluding hydrogens is 250 g/mol. The first-order valence-electron chi connectivity index (χ1n) is 5.52. The van der Waals surface area contributed by atoms with Crippen molar-refractivity contribution in [3.63, 3.8) is 0 Å². The molecule has 0 bridgehead atoms. The Kier molecular flexibility index (Phi) is 10.3. The van der Waals surface area contributed by atoms with E-state index in [0.717, 1.165) is 0 Å². The standard InChI is InChI=1S/C9H12.C4H6O5.H3N/c1-8(2)9-6-4-3-5-7-9;5-2(4(8)9)1-3(6)7;/h3-8H,1-2H3;2,5H,1H2,(H,6,7)(H,8,9);1H3. The highest BCUT2D eigenvalue weighted by Crippen LogP contribution is 2.11. The third kappa shape index (κ3) is 9.75. The molecule has 1 rings (SSSR count). The quantitative estimate of drug-likeness (QED) is 0.661. The van der Waals surface area contributed by atoms with Gasteiger partial charge in [-0.15, -0.1) is 0 Å². The minimum Gasteiger partial charge on any atom is -0.481 e. The van der Waals surface area contributed by atoms with E-state index < -0.39 is 24.5 Å². The fraction of sp³-hybridized carbons (Fsp3) is 0.385. The van der Waals surface area contributed by atoms with Gasteiger partial charge >= 0.3 is 11.9 Å². The molecule has 1 atom stereocenters. The van der Waals surface area contributed by atoms with Crippen molar-refractivity contribution >= 4 is 11.9 Å². The normalized spacial score (nSPS) is 10.7. The monoisotopic (exact) mass is 271 g/mol. The van der Waals surface area contributed by atoms with Crippen molar-refractivity contribution in [2.24, 2.45) is 0 Å².